The number of aliphatic hydroxyl groups excluding tert-OH is 4. The number of nitrogens with zero attached hydrogens (tertiary/aromatic N) is 4. The maximum Gasteiger partial charge on any atom is 0.182 e. The lowest BCUT2D eigenvalue weighted by Crippen LogP contribution is -2.35. The van der Waals surface area contributed by atoms with Crippen LogP contribution in [0.3, 0.4) is 0 Å². The fourth-order valence-electron chi connectivity index (χ4n) is 3.25. The fourth-order valence-corrected chi connectivity index (χ4v) is 3.25. The van der Waals surface area contributed by atoms with Gasteiger partial charge in [0.2, 0.25) is 0 Å². The first-order chi connectivity index (χ1) is 13.9. The molecular weight excluding hydrogens is 372 g/mol. The normalized spacial score (nSPS) is 15.0. The maximum atomic E-state index is 10.7. The van der Waals surface area contributed by atoms with Crippen molar-refractivity contribution in [2.24, 2.45) is 0 Å². The van der Waals surface area contributed by atoms with Crippen molar-refractivity contribution in [1.29, 1.82) is 0 Å². The van der Waals surface area contributed by atoms with Crippen LogP contribution in [0.2, 0.25) is 0 Å². The molecule has 0 saturated carbocycles. The van der Waals surface area contributed by atoms with Crippen molar-refractivity contribution in [3.8, 4) is 5.69 Å². The zero-order chi connectivity index (χ0) is 20.7. The highest BCUT2D eigenvalue weighted by molar-refractivity contribution is 5.87. The molecule has 0 fully saturated rings. The first-order valence-electron chi connectivity index (χ1n) is 9.29. The molecule has 0 aliphatic carbocycles. The number of hydrogen-bond donors (Lipinski definition) is 4. The molecular formula is C21H22N4O4. The van der Waals surface area contributed by atoms with Crippen LogP contribution in [0.25, 0.3) is 27.9 Å². The highest BCUT2D eigenvalue weighted by Crippen LogP contribution is 2.29. The van der Waals surface area contributed by atoms with Crippen molar-refractivity contribution < 1.29 is 20.4 Å². The lowest BCUT2D eigenvalue weighted by atomic mass is 10.0. The lowest BCUT2D eigenvalue weighted by molar-refractivity contribution is -0.0786. The van der Waals surface area contributed by atoms with Gasteiger partial charge in [-0.1, -0.05) is 18.2 Å². The van der Waals surface area contributed by atoms with Crippen LogP contribution in [-0.4, -0.2) is 59.0 Å². The Hall–Kier alpha value is -2.91. The fraction of sp³-hybridized carbons (Fsp3) is 0.286. The van der Waals surface area contributed by atoms with Crippen LogP contribution in [0.4, 0.5) is 0 Å². The number of aryl methyl sites for hydroxylation is 2. The van der Waals surface area contributed by atoms with Crippen molar-refractivity contribution >= 4 is 22.2 Å². The van der Waals surface area contributed by atoms with E-state index in [9.17, 15) is 15.3 Å². The minimum Gasteiger partial charge on any atom is -0.394 e. The summed E-state index contributed by atoms with van der Waals surface area (Å²) in [4.78, 5) is 9.37. The summed E-state index contributed by atoms with van der Waals surface area (Å²) in [5, 5.41) is 44.2. The predicted octanol–water partition coefficient (Wildman–Crippen LogP) is 1.33. The Labute approximate surface area is 166 Å². The van der Waals surface area contributed by atoms with Gasteiger partial charge in [0.05, 0.1) is 23.3 Å². The molecule has 4 aromatic rings. The van der Waals surface area contributed by atoms with Gasteiger partial charge in [-0.15, -0.1) is 0 Å². The number of para-hydroxylation sites is 1. The van der Waals surface area contributed by atoms with Crippen molar-refractivity contribution in [2.75, 3.05) is 6.61 Å². The van der Waals surface area contributed by atoms with E-state index >= 15 is 0 Å². The van der Waals surface area contributed by atoms with Gasteiger partial charge < -0.3 is 20.4 Å². The smallest absolute Gasteiger partial charge is 0.182 e. The largest absolute Gasteiger partial charge is 0.394 e. The Kier molecular flexibility index (Phi) is 5.01. The molecule has 0 unspecified atom stereocenters. The van der Waals surface area contributed by atoms with E-state index in [4.69, 9.17) is 10.1 Å². The highest BCUT2D eigenvalue weighted by Gasteiger charge is 2.31. The molecule has 2 aromatic carbocycles. The Morgan fingerprint density at radius 3 is 2.17 bits per heavy atom. The van der Waals surface area contributed by atoms with E-state index in [1.165, 1.54) is 0 Å². The maximum absolute atomic E-state index is 10.7. The molecule has 0 aliphatic heterocycles. The zero-order valence-corrected chi connectivity index (χ0v) is 16.1. The van der Waals surface area contributed by atoms with E-state index in [1.54, 1.807) is 4.68 Å². The second-order valence-corrected chi connectivity index (χ2v) is 7.14. The third-order valence-corrected chi connectivity index (χ3v) is 5.10. The van der Waals surface area contributed by atoms with Gasteiger partial charge >= 0.3 is 0 Å². The summed E-state index contributed by atoms with van der Waals surface area (Å²) in [7, 11) is 0. The summed E-state index contributed by atoms with van der Waals surface area (Å²) in [5.74, 6) is 0. The molecule has 4 rings (SSSR count). The van der Waals surface area contributed by atoms with Gasteiger partial charge in [0.25, 0.3) is 0 Å². The van der Waals surface area contributed by atoms with Crippen molar-refractivity contribution in [3.63, 3.8) is 0 Å². The third-order valence-electron chi connectivity index (χ3n) is 5.10. The first kappa shape index (κ1) is 19.4. The molecule has 0 bridgehead atoms. The molecule has 2 heterocycles. The Bertz CT molecular complexity index is 1180. The average molecular weight is 394 g/mol. The lowest BCUT2D eigenvalue weighted by Gasteiger charge is -2.20. The van der Waals surface area contributed by atoms with Gasteiger partial charge in [-0.3, -0.25) is 0 Å². The molecule has 2 aromatic heterocycles. The molecule has 150 valence electrons. The standard InChI is InChI=1S/C21H22N4O4/c1-11-8-14-15(9-12(11)2)23-21-18(22-14)17(20(29)19(28)16(27)10-26)24-25(21)13-6-4-3-5-7-13/h3-9,16,19-20,26-29H,10H2,1-2H3/t16-,19-,20-/m1/s1. The van der Waals surface area contributed by atoms with Crippen LogP contribution in [0.15, 0.2) is 42.5 Å². The second-order valence-electron chi connectivity index (χ2n) is 7.14. The number of fused-ring (bicyclic) bond motifs is 2. The van der Waals surface area contributed by atoms with Crippen molar-refractivity contribution in [2.45, 2.75) is 32.2 Å². The minimum absolute atomic E-state index is 0.0801. The van der Waals surface area contributed by atoms with E-state index in [0.29, 0.717) is 27.9 Å². The van der Waals surface area contributed by atoms with E-state index in [1.807, 2.05) is 56.3 Å². The summed E-state index contributed by atoms with van der Waals surface area (Å²) in [6, 6.07) is 13.1. The first-order valence-corrected chi connectivity index (χ1v) is 9.29. The van der Waals surface area contributed by atoms with Crippen LogP contribution in [-0.2, 0) is 0 Å². The Balaban J connectivity index is 2.00. The Morgan fingerprint density at radius 1 is 0.931 bits per heavy atom. The zero-order valence-electron chi connectivity index (χ0n) is 16.1. The molecule has 0 aliphatic rings. The molecule has 3 atom stereocenters. The Morgan fingerprint density at radius 2 is 1.55 bits per heavy atom. The van der Waals surface area contributed by atoms with Gasteiger partial charge in [0.1, 0.15) is 29.5 Å². The SMILES string of the molecule is Cc1cc2nc3c([C@@H](O)[C@H](O)[C@H](O)CO)nn(-c4ccccc4)c3nc2cc1C. The summed E-state index contributed by atoms with van der Waals surface area (Å²) in [5.41, 5.74) is 5.00. The number of aliphatic hydroxyl groups is 4. The summed E-state index contributed by atoms with van der Waals surface area (Å²) >= 11 is 0. The van der Waals surface area contributed by atoms with E-state index in [-0.39, 0.29) is 5.69 Å². The number of benzene rings is 2. The summed E-state index contributed by atoms with van der Waals surface area (Å²) in [6.07, 6.45) is -4.69. The van der Waals surface area contributed by atoms with Crippen LogP contribution in [0, 0.1) is 13.8 Å². The van der Waals surface area contributed by atoms with Crippen LogP contribution < -0.4 is 0 Å². The van der Waals surface area contributed by atoms with Gasteiger partial charge in [-0.2, -0.15) is 5.10 Å². The molecule has 8 nitrogen and oxygen atoms in total. The number of aromatic nitrogens is 4. The average Bonchev–Trinajstić information content (AvgIpc) is 3.10. The van der Waals surface area contributed by atoms with Crippen LogP contribution in [0.5, 0.6) is 0 Å². The molecule has 4 N–H and O–H groups in total. The molecule has 0 radical (unpaired) electrons. The van der Waals surface area contributed by atoms with Gasteiger partial charge in [-0.25, -0.2) is 14.6 Å². The van der Waals surface area contributed by atoms with E-state index < -0.39 is 24.9 Å². The number of hydrogen-bond acceptors (Lipinski definition) is 7. The second kappa shape index (κ2) is 7.49. The van der Waals surface area contributed by atoms with Crippen molar-refractivity contribution in [1.82, 2.24) is 19.7 Å². The summed E-state index contributed by atoms with van der Waals surface area (Å²) in [6.45, 7) is 3.28. The van der Waals surface area contributed by atoms with Gasteiger partial charge in [0, 0.05) is 0 Å². The molecule has 0 saturated heterocycles. The third kappa shape index (κ3) is 3.36. The van der Waals surface area contributed by atoms with E-state index in [0.717, 1.165) is 11.1 Å². The molecule has 0 spiro atoms. The van der Waals surface area contributed by atoms with Gasteiger partial charge in [0.15, 0.2) is 5.65 Å². The summed E-state index contributed by atoms with van der Waals surface area (Å²) < 4.78 is 1.55. The highest BCUT2D eigenvalue weighted by atomic mass is 16.4. The number of rotatable bonds is 5. The monoisotopic (exact) mass is 394 g/mol. The quantitative estimate of drug-likeness (QED) is 0.402. The molecule has 8 heteroatoms. The molecule has 29 heavy (non-hydrogen) atoms. The topological polar surface area (TPSA) is 125 Å². The molecule has 0 amide bonds. The predicted molar refractivity (Wildman–Crippen MR) is 108 cm³/mol. The van der Waals surface area contributed by atoms with Crippen LogP contribution >= 0.6 is 0 Å². The minimum atomic E-state index is -1.63. The van der Waals surface area contributed by atoms with Gasteiger partial charge in [-0.05, 0) is 49.2 Å². The van der Waals surface area contributed by atoms with Crippen LogP contribution in [0.1, 0.15) is 22.9 Å². The van der Waals surface area contributed by atoms with Crippen molar-refractivity contribution in [3.05, 3.63) is 59.3 Å². The van der Waals surface area contributed by atoms with E-state index in [2.05, 4.69) is 10.1 Å².